The molecule has 0 fully saturated rings. The van der Waals surface area contributed by atoms with Gasteiger partial charge in [-0.2, -0.15) is 4.98 Å². The molecular weight excluding hydrogens is 266 g/mol. The standard InChI is InChI=1S/C16H17N3O2/c1-20-10-14(17)16-18-15(21-19-16)9-12-7-4-6-11-5-2-3-8-13(11)12/h2-8,14H,9-10,17H2,1H3. The van der Waals surface area contributed by atoms with Gasteiger partial charge in [0.05, 0.1) is 19.1 Å². The van der Waals surface area contributed by atoms with Gasteiger partial charge in [0, 0.05) is 7.11 Å². The second-order valence-corrected chi connectivity index (χ2v) is 4.92. The zero-order valence-corrected chi connectivity index (χ0v) is 11.8. The number of rotatable bonds is 5. The summed E-state index contributed by atoms with van der Waals surface area (Å²) in [7, 11) is 1.59. The van der Waals surface area contributed by atoms with E-state index in [9.17, 15) is 0 Å². The SMILES string of the molecule is COCC(N)c1noc(Cc2cccc3ccccc23)n1. The molecule has 2 N–H and O–H groups in total. The number of nitrogens with zero attached hydrogens (tertiary/aromatic N) is 2. The van der Waals surface area contributed by atoms with Gasteiger partial charge in [-0.1, -0.05) is 47.6 Å². The molecule has 5 nitrogen and oxygen atoms in total. The highest BCUT2D eigenvalue weighted by Crippen LogP contribution is 2.21. The molecule has 5 heteroatoms. The molecule has 0 radical (unpaired) electrons. The molecule has 108 valence electrons. The van der Waals surface area contributed by atoms with E-state index in [0.29, 0.717) is 24.7 Å². The van der Waals surface area contributed by atoms with Crippen molar-refractivity contribution in [2.24, 2.45) is 5.73 Å². The van der Waals surface area contributed by atoms with Crippen LogP contribution in [0.5, 0.6) is 0 Å². The van der Waals surface area contributed by atoms with Crippen LogP contribution in [-0.4, -0.2) is 23.9 Å². The molecule has 1 unspecified atom stereocenters. The summed E-state index contributed by atoms with van der Waals surface area (Å²) in [5.74, 6) is 1.04. The molecule has 1 aromatic heterocycles. The fourth-order valence-corrected chi connectivity index (χ4v) is 2.35. The predicted octanol–water partition coefficient (Wildman–Crippen LogP) is 2.46. The van der Waals surface area contributed by atoms with E-state index in [0.717, 1.165) is 5.56 Å². The molecular formula is C16H17N3O2. The lowest BCUT2D eigenvalue weighted by atomic mass is 10.0. The zero-order chi connectivity index (χ0) is 14.7. The Morgan fingerprint density at radius 3 is 2.86 bits per heavy atom. The van der Waals surface area contributed by atoms with E-state index in [1.54, 1.807) is 7.11 Å². The zero-order valence-electron chi connectivity index (χ0n) is 11.8. The summed E-state index contributed by atoms with van der Waals surface area (Å²) in [6.45, 7) is 0.368. The number of methoxy groups -OCH3 is 1. The van der Waals surface area contributed by atoms with Crippen molar-refractivity contribution in [1.82, 2.24) is 10.1 Å². The van der Waals surface area contributed by atoms with Gasteiger partial charge in [0.15, 0.2) is 5.82 Å². The van der Waals surface area contributed by atoms with Gasteiger partial charge in [0.2, 0.25) is 5.89 Å². The third kappa shape index (κ3) is 2.94. The molecule has 0 spiro atoms. The van der Waals surface area contributed by atoms with E-state index in [4.69, 9.17) is 15.0 Å². The molecule has 0 saturated carbocycles. The molecule has 0 aliphatic heterocycles. The molecule has 0 amide bonds. The number of hydrogen-bond acceptors (Lipinski definition) is 5. The highest BCUT2D eigenvalue weighted by atomic mass is 16.5. The van der Waals surface area contributed by atoms with Gasteiger partial charge in [-0.25, -0.2) is 0 Å². The van der Waals surface area contributed by atoms with Gasteiger partial charge in [0.25, 0.3) is 0 Å². The van der Waals surface area contributed by atoms with Crippen LogP contribution >= 0.6 is 0 Å². The average molecular weight is 283 g/mol. The topological polar surface area (TPSA) is 74.2 Å². The summed E-state index contributed by atoms with van der Waals surface area (Å²) in [6.07, 6.45) is 0.591. The van der Waals surface area contributed by atoms with Gasteiger partial charge < -0.3 is 15.0 Å². The Kier molecular flexibility index (Phi) is 3.94. The summed E-state index contributed by atoms with van der Waals surface area (Å²) in [4.78, 5) is 4.35. The minimum absolute atomic E-state index is 0.361. The first kappa shape index (κ1) is 13.7. The van der Waals surface area contributed by atoms with Crippen molar-refractivity contribution in [1.29, 1.82) is 0 Å². The van der Waals surface area contributed by atoms with E-state index in [1.807, 2.05) is 18.2 Å². The monoisotopic (exact) mass is 283 g/mol. The number of aromatic nitrogens is 2. The largest absolute Gasteiger partial charge is 0.383 e. The van der Waals surface area contributed by atoms with Crippen LogP contribution in [0.3, 0.4) is 0 Å². The second kappa shape index (κ2) is 6.03. The molecule has 0 saturated heterocycles. The fourth-order valence-electron chi connectivity index (χ4n) is 2.35. The second-order valence-electron chi connectivity index (χ2n) is 4.92. The minimum atomic E-state index is -0.361. The first-order valence-electron chi connectivity index (χ1n) is 6.81. The van der Waals surface area contributed by atoms with Crippen molar-refractivity contribution in [2.75, 3.05) is 13.7 Å². The third-order valence-electron chi connectivity index (χ3n) is 3.38. The Balaban J connectivity index is 1.86. The Labute approximate surface area is 122 Å². The highest BCUT2D eigenvalue weighted by molar-refractivity contribution is 5.85. The van der Waals surface area contributed by atoms with Crippen molar-refractivity contribution in [3.63, 3.8) is 0 Å². The highest BCUT2D eigenvalue weighted by Gasteiger charge is 2.14. The van der Waals surface area contributed by atoms with E-state index in [-0.39, 0.29) is 6.04 Å². The van der Waals surface area contributed by atoms with Crippen LogP contribution in [0.15, 0.2) is 47.0 Å². The number of hydrogen-bond donors (Lipinski definition) is 1. The maximum atomic E-state index is 5.89. The minimum Gasteiger partial charge on any atom is -0.383 e. The predicted molar refractivity (Wildman–Crippen MR) is 79.9 cm³/mol. The Bertz CT molecular complexity index is 734. The lowest BCUT2D eigenvalue weighted by molar-refractivity contribution is 0.177. The number of fused-ring (bicyclic) bond motifs is 1. The summed E-state index contributed by atoms with van der Waals surface area (Å²) in [5.41, 5.74) is 7.05. The van der Waals surface area contributed by atoms with Gasteiger partial charge in [0.1, 0.15) is 0 Å². The van der Waals surface area contributed by atoms with Crippen LogP contribution in [0.25, 0.3) is 10.8 Å². The smallest absolute Gasteiger partial charge is 0.231 e. The van der Waals surface area contributed by atoms with Crippen LogP contribution in [0, 0.1) is 0 Å². The normalized spacial score (nSPS) is 12.7. The van der Waals surface area contributed by atoms with Crippen molar-refractivity contribution in [3.05, 3.63) is 59.7 Å². The van der Waals surface area contributed by atoms with Crippen LogP contribution in [0.2, 0.25) is 0 Å². The Morgan fingerprint density at radius 2 is 2.00 bits per heavy atom. The van der Waals surface area contributed by atoms with Crippen molar-refractivity contribution < 1.29 is 9.26 Å². The van der Waals surface area contributed by atoms with Crippen LogP contribution in [0.1, 0.15) is 23.3 Å². The van der Waals surface area contributed by atoms with Gasteiger partial charge in [-0.05, 0) is 16.3 Å². The maximum Gasteiger partial charge on any atom is 0.231 e. The van der Waals surface area contributed by atoms with E-state index in [1.165, 1.54) is 10.8 Å². The van der Waals surface area contributed by atoms with E-state index < -0.39 is 0 Å². The molecule has 1 atom stereocenters. The molecule has 3 aromatic rings. The van der Waals surface area contributed by atoms with E-state index in [2.05, 4.69) is 34.4 Å². The number of benzene rings is 2. The molecule has 0 aliphatic rings. The molecule has 0 bridgehead atoms. The number of nitrogens with two attached hydrogens (primary N) is 1. The average Bonchev–Trinajstić information content (AvgIpc) is 2.97. The molecule has 21 heavy (non-hydrogen) atoms. The number of ether oxygens (including phenoxy) is 1. The summed E-state index contributed by atoms with van der Waals surface area (Å²) >= 11 is 0. The Morgan fingerprint density at radius 1 is 1.19 bits per heavy atom. The van der Waals surface area contributed by atoms with Crippen molar-refractivity contribution in [3.8, 4) is 0 Å². The van der Waals surface area contributed by atoms with E-state index >= 15 is 0 Å². The maximum absolute atomic E-state index is 5.89. The third-order valence-corrected chi connectivity index (χ3v) is 3.38. The van der Waals surface area contributed by atoms with Crippen LogP contribution < -0.4 is 5.73 Å². The first-order chi connectivity index (χ1) is 10.3. The van der Waals surface area contributed by atoms with Gasteiger partial charge in [-0.15, -0.1) is 0 Å². The summed E-state index contributed by atoms with van der Waals surface area (Å²) in [6, 6.07) is 14.1. The molecule has 3 rings (SSSR count). The van der Waals surface area contributed by atoms with Crippen molar-refractivity contribution >= 4 is 10.8 Å². The lowest BCUT2D eigenvalue weighted by Gasteiger charge is -2.04. The van der Waals surface area contributed by atoms with Crippen LogP contribution in [0.4, 0.5) is 0 Å². The molecule has 0 aliphatic carbocycles. The fraction of sp³-hybridized carbons (Fsp3) is 0.250. The molecule has 2 aromatic carbocycles. The van der Waals surface area contributed by atoms with Gasteiger partial charge in [-0.3, -0.25) is 0 Å². The molecule has 1 heterocycles. The lowest BCUT2D eigenvalue weighted by Crippen LogP contribution is -2.17. The summed E-state index contributed by atoms with van der Waals surface area (Å²) < 4.78 is 10.3. The quantitative estimate of drug-likeness (QED) is 0.778. The Hall–Kier alpha value is -2.24. The van der Waals surface area contributed by atoms with Crippen LogP contribution in [-0.2, 0) is 11.2 Å². The van der Waals surface area contributed by atoms with Crippen molar-refractivity contribution in [2.45, 2.75) is 12.5 Å². The first-order valence-corrected chi connectivity index (χ1v) is 6.81. The summed E-state index contributed by atoms with van der Waals surface area (Å²) in [5, 5.41) is 6.31. The van der Waals surface area contributed by atoms with Gasteiger partial charge >= 0.3 is 0 Å².